The summed E-state index contributed by atoms with van der Waals surface area (Å²) in [7, 11) is 3.26. The van der Waals surface area contributed by atoms with Crippen molar-refractivity contribution in [1.29, 1.82) is 0 Å². The van der Waals surface area contributed by atoms with Crippen LogP contribution >= 0.6 is 0 Å². The molecule has 0 fully saturated rings. The predicted molar refractivity (Wildman–Crippen MR) is 135 cm³/mol. The van der Waals surface area contributed by atoms with E-state index in [1.807, 2.05) is 54.6 Å². The van der Waals surface area contributed by atoms with Crippen LogP contribution in [0.3, 0.4) is 0 Å². The fraction of sp³-hybridized carbons (Fsp3) is 0.185. The second-order valence-electron chi connectivity index (χ2n) is 8.02. The van der Waals surface area contributed by atoms with Crippen LogP contribution in [0.5, 0.6) is 11.5 Å². The average molecular weight is 487 g/mol. The first-order chi connectivity index (χ1) is 17.7. The maximum atomic E-state index is 5.92. The molecule has 1 aliphatic carbocycles. The van der Waals surface area contributed by atoms with E-state index in [9.17, 15) is 0 Å². The maximum Gasteiger partial charge on any atom is 0.322 e. The second kappa shape index (κ2) is 10.7. The molecule has 3 aromatic rings. The van der Waals surface area contributed by atoms with Crippen molar-refractivity contribution in [1.82, 2.24) is 10.2 Å². The van der Waals surface area contributed by atoms with Crippen molar-refractivity contribution in [2.24, 2.45) is 0 Å². The summed E-state index contributed by atoms with van der Waals surface area (Å²) >= 11 is 0. The molecule has 36 heavy (non-hydrogen) atoms. The number of ether oxygens (including phenoxy) is 4. The van der Waals surface area contributed by atoms with Crippen LogP contribution in [0.1, 0.15) is 18.4 Å². The molecule has 0 atom stereocenters. The number of nitrogens with zero attached hydrogens (tertiary/aromatic N) is 2. The van der Waals surface area contributed by atoms with Crippen LogP contribution in [-0.2, 0) is 16.0 Å². The van der Waals surface area contributed by atoms with Crippen LogP contribution < -0.4 is 20.1 Å². The highest BCUT2D eigenvalue weighted by molar-refractivity contribution is 5.72. The number of hydrogen-bond acceptors (Lipinski definition) is 9. The van der Waals surface area contributed by atoms with E-state index in [2.05, 4.69) is 26.9 Å². The monoisotopic (exact) mass is 486 g/mol. The van der Waals surface area contributed by atoms with Gasteiger partial charge >= 0.3 is 6.01 Å². The van der Waals surface area contributed by atoms with Gasteiger partial charge in [-0.05, 0) is 48.2 Å². The van der Waals surface area contributed by atoms with Crippen molar-refractivity contribution in [2.45, 2.75) is 19.4 Å². The van der Waals surface area contributed by atoms with Crippen LogP contribution in [0.25, 0.3) is 11.5 Å². The van der Waals surface area contributed by atoms with E-state index < -0.39 is 0 Å². The quantitative estimate of drug-likeness (QED) is 0.392. The van der Waals surface area contributed by atoms with Crippen molar-refractivity contribution in [3.8, 4) is 23.0 Å². The minimum absolute atomic E-state index is 0.186. The van der Waals surface area contributed by atoms with Gasteiger partial charge in [-0.2, -0.15) is 0 Å². The number of allylic oxidation sites excluding steroid dienone is 4. The highest BCUT2D eigenvalue weighted by atomic mass is 16.6. The molecule has 2 heterocycles. The molecule has 0 bridgehead atoms. The van der Waals surface area contributed by atoms with Gasteiger partial charge in [-0.25, -0.2) is 0 Å². The van der Waals surface area contributed by atoms with Crippen molar-refractivity contribution in [3.05, 3.63) is 96.0 Å². The zero-order valence-corrected chi connectivity index (χ0v) is 20.0. The van der Waals surface area contributed by atoms with Crippen molar-refractivity contribution >= 4 is 11.7 Å². The number of benzene rings is 2. The third-order valence-electron chi connectivity index (χ3n) is 5.61. The van der Waals surface area contributed by atoms with E-state index in [1.54, 1.807) is 20.5 Å². The molecule has 2 N–H and O–H groups in total. The molecule has 0 spiro atoms. The topological polar surface area (TPSA) is 99.9 Å². The zero-order chi connectivity index (χ0) is 24.7. The lowest BCUT2D eigenvalue weighted by Gasteiger charge is -2.18. The molecule has 0 radical (unpaired) electrons. The molecule has 0 amide bonds. The predicted octanol–water partition coefficient (Wildman–Crippen LogP) is 5.74. The molecule has 0 unspecified atom stereocenters. The minimum Gasteiger partial charge on any atom is -0.497 e. The fourth-order valence-corrected chi connectivity index (χ4v) is 3.81. The van der Waals surface area contributed by atoms with E-state index in [1.165, 1.54) is 6.26 Å². The van der Waals surface area contributed by atoms with Crippen molar-refractivity contribution < 1.29 is 23.4 Å². The normalized spacial score (nSPS) is 14.6. The first kappa shape index (κ1) is 23.1. The number of anilines is 2. The number of para-hydroxylation sites is 1. The number of nitrogens with one attached hydrogen (secondary N) is 2. The third kappa shape index (κ3) is 5.35. The van der Waals surface area contributed by atoms with Crippen molar-refractivity contribution in [2.75, 3.05) is 24.9 Å². The van der Waals surface area contributed by atoms with Gasteiger partial charge in [0.15, 0.2) is 12.0 Å². The van der Waals surface area contributed by atoms with Crippen LogP contribution in [0.4, 0.5) is 11.7 Å². The summed E-state index contributed by atoms with van der Waals surface area (Å²) in [5.74, 6) is 2.82. The summed E-state index contributed by atoms with van der Waals surface area (Å²) in [6.07, 6.45) is 11.0. The lowest BCUT2D eigenvalue weighted by molar-refractivity contribution is 0.232. The lowest BCUT2D eigenvalue weighted by Crippen LogP contribution is -2.10. The van der Waals surface area contributed by atoms with Crippen LogP contribution in [0, 0.1) is 0 Å². The molecular weight excluding hydrogens is 460 g/mol. The van der Waals surface area contributed by atoms with Gasteiger partial charge in [0.25, 0.3) is 5.89 Å². The Labute approximate surface area is 208 Å². The van der Waals surface area contributed by atoms with Gasteiger partial charge < -0.3 is 28.7 Å². The van der Waals surface area contributed by atoms with Gasteiger partial charge in [0.05, 0.1) is 19.8 Å². The largest absolute Gasteiger partial charge is 0.497 e. The molecule has 2 aliphatic rings. The Kier molecular flexibility index (Phi) is 6.88. The maximum absolute atomic E-state index is 5.92. The first-order valence-corrected chi connectivity index (χ1v) is 11.5. The second-order valence-corrected chi connectivity index (χ2v) is 8.02. The van der Waals surface area contributed by atoms with Gasteiger partial charge in [-0.1, -0.05) is 35.5 Å². The fourth-order valence-electron chi connectivity index (χ4n) is 3.81. The molecule has 184 valence electrons. The average Bonchev–Trinajstić information content (AvgIpc) is 3.40. The van der Waals surface area contributed by atoms with E-state index in [0.29, 0.717) is 24.1 Å². The summed E-state index contributed by atoms with van der Waals surface area (Å²) in [6, 6.07) is 13.6. The zero-order valence-electron chi connectivity index (χ0n) is 20.0. The molecule has 5 rings (SSSR count). The summed E-state index contributed by atoms with van der Waals surface area (Å²) in [4.78, 5) is 0. The summed E-state index contributed by atoms with van der Waals surface area (Å²) < 4.78 is 28.0. The van der Waals surface area contributed by atoms with Crippen molar-refractivity contribution in [3.63, 3.8) is 0 Å². The van der Waals surface area contributed by atoms with E-state index in [0.717, 1.165) is 46.7 Å². The standard InChI is InChI=1S/C27H26N4O5/c1-32-20-12-18(13-21(14-20)33-2)15-28-23-11-7-6-10-22(23)26-30-31-27(36-26)29-25-17-34-16-24(35-25)19-8-4-3-5-9-19/h3-4,6-8,10-14,16-17,28H,5,9,15H2,1-2H3,(H,29,31). The molecule has 0 saturated heterocycles. The Balaban J connectivity index is 1.27. The van der Waals surface area contributed by atoms with Crippen LogP contribution in [0.2, 0.25) is 0 Å². The Morgan fingerprint density at radius 1 is 1.00 bits per heavy atom. The van der Waals surface area contributed by atoms with E-state index >= 15 is 0 Å². The highest BCUT2D eigenvalue weighted by Gasteiger charge is 2.18. The van der Waals surface area contributed by atoms with Gasteiger partial charge in [0, 0.05) is 18.3 Å². The Bertz CT molecular complexity index is 1330. The highest BCUT2D eigenvalue weighted by Crippen LogP contribution is 2.31. The summed E-state index contributed by atoms with van der Waals surface area (Å²) in [5.41, 5.74) is 3.67. The van der Waals surface area contributed by atoms with Crippen LogP contribution in [-0.4, -0.2) is 24.4 Å². The van der Waals surface area contributed by atoms with Gasteiger partial charge in [-0.3, -0.25) is 5.32 Å². The molecule has 1 aromatic heterocycles. The third-order valence-corrected chi connectivity index (χ3v) is 5.61. The summed E-state index contributed by atoms with van der Waals surface area (Å²) in [6.45, 7) is 0.544. The van der Waals surface area contributed by atoms with Crippen LogP contribution in [0.15, 0.2) is 94.8 Å². The SMILES string of the molecule is COc1cc(CNc2ccccc2-c2nnc(NC3=COC=C(C4=CC=CCC4)O3)o2)cc(OC)c1. The van der Waals surface area contributed by atoms with E-state index in [-0.39, 0.29) is 6.01 Å². The molecule has 0 saturated carbocycles. The van der Waals surface area contributed by atoms with Gasteiger partial charge in [-0.15, -0.1) is 5.10 Å². The Hall–Kier alpha value is -4.66. The Morgan fingerprint density at radius 3 is 2.61 bits per heavy atom. The molecule has 1 aliphatic heterocycles. The van der Waals surface area contributed by atoms with E-state index in [4.69, 9.17) is 23.4 Å². The Morgan fingerprint density at radius 2 is 1.83 bits per heavy atom. The molecule has 9 nitrogen and oxygen atoms in total. The lowest BCUT2D eigenvalue weighted by atomic mass is 10.0. The van der Waals surface area contributed by atoms with Gasteiger partial charge in [0.1, 0.15) is 17.8 Å². The minimum atomic E-state index is 0.186. The molecular formula is C27H26N4O5. The molecule has 2 aromatic carbocycles. The number of aromatic nitrogens is 2. The summed E-state index contributed by atoms with van der Waals surface area (Å²) in [5, 5.41) is 14.7. The first-order valence-electron chi connectivity index (χ1n) is 11.5. The number of hydrogen-bond donors (Lipinski definition) is 2. The molecule has 9 heteroatoms. The number of rotatable bonds is 9. The number of methoxy groups -OCH3 is 2. The smallest absolute Gasteiger partial charge is 0.322 e. The van der Waals surface area contributed by atoms with Gasteiger partial charge in [0.2, 0.25) is 5.88 Å².